The van der Waals surface area contributed by atoms with Gasteiger partial charge in [0.1, 0.15) is 6.54 Å². The molecule has 1 aromatic carbocycles. The predicted octanol–water partition coefficient (Wildman–Crippen LogP) is 0.462. The number of carbonyl (C=O) groups excluding carboxylic acids is 1. The van der Waals surface area contributed by atoms with Gasteiger partial charge < -0.3 is 10.3 Å². The average molecular weight is 275 g/mol. The van der Waals surface area contributed by atoms with Crippen molar-refractivity contribution in [1.82, 2.24) is 14.9 Å². The number of amides is 1. The fraction of sp³-hybridized carbons (Fsp3) is 0.357. The summed E-state index contributed by atoms with van der Waals surface area (Å²) in [7, 11) is 0. The number of nitrogens with zero attached hydrogens (tertiary/aromatic N) is 1. The van der Waals surface area contributed by atoms with Gasteiger partial charge in [-0.25, -0.2) is 0 Å². The van der Waals surface area contributed by atoms with E-state index in [-0.39, 0.29) is 12.5 Å². The standard InChI is InChI=1S/C14H17N3O3/c1-9(2)7-15-12(18)8-17-11-6-4-3-5-10(11)16-13(19)14(17)20/h3-6,9H,7-8H2,1-2H3,(H,15,18)(H,16,19). The van der Waals surface area contributed by atoms with Crippen LogP contribution in [0, 0.1) is 5.92 Å². The minimum absolute atomic E-state index is 0.157. The van der Waals surface area contributed by atoms with Crippen molar-refractivity contribution in [2.24, 2.45) is 5.92 Å². The van der Waals surface area contributed by atoms with Crippen molar-refractivity contribution in [3.05, 3.63) is 45.0 Å². The van der Waals surface area contributed by atoms with Crippen LogP contribution in [0.3, 0.4) is 0 Å². The average Bonchev–Trinajstić information content (AvgIpc) is 2.41. The second-order valence-electron chi connectivity index (χ2n) is 5.06. The zero-order chi connectivity index (χ0) is 14.7. The number of benzene rings is 1. The van der Waals surface area contributed by atoms with Gasteiger partial charge >= 0.3 is 11.1 Å². The number of aromatic amines is 1. The summed E-state index contributed by atoms with van der Waals surface area (Å²) in [5, 5.41) is 2.73. The molecular weight excluding hydrogens is 258 g/mol. The van der Waals surface area contributed by atoms with E-state index in [9.17, 15) is 14.4 Å². The van der Waals surface area contributed by atoms with Gasteiger partial charge in [-0.15, -0.1) is 0 Å². The lowest BCUT2D eigenvalue weighted by Crippen LogP contribution is -2.40. The van der Waals surface area contributed by atoms with E-state index in [0.29, 0.717) is 23.5 Å². The van der Waals surface area contributed by atoms with E-state index in [2.05, 4.69) is 10.3 Å². The topological polar surface area (TPSA) is 84.0 Å². The number of nitrogens with one attached hydrogen (secondary N) is 2. The number of fused-ring (bicyclic) bond motifs is 1. The van der Waals surface area contributed by atoms with Gasteiger partial charge in [0.2, 0.25) is 5.91 Å². The second kappa shape index (κ2) is 5.73. The molecule has 106 valence electrons. The zero-order valence-electron chi connectivity index (χ0n) is 11.5. The van der Waals surface area contributed by atoms with Crippen molar-refractivity contribution >= 4 is 16.9 Å². The Kier molecular flexibility index (Phi) is 4.02. The molecule has 6 heteroatoms. The molecule has 2 rings (SSSR count). The molecule has 1 aromatic heterocycles. The molecule has 0 atom stereocenters. The molecule has 1 heterocycles. The van der Waals surface area contributed by atoms with Gasteiger partial charge in [0.25, 0.3) is 0 Å². The minimum Gasteiger partial charge on any atom is -0.354 e. The molecule has 20 heavy (non-hydrogen) atoms. The van der Waals surface area contributed by atoms with Crippen LogP contribution in [0.5, 0.6) is 0 Å². The van der Waals surface area contributed by atoms with Crippen LogP contribution in [0.1, 0.15) is 13.8 Å². The van der Waals surface area contributed by atoms with Gasteiger partial charge in [0, 0.05) is 6.54 Å². The fourth-order valence-electron chi connectivity index (χ4n) is 1.90. The molecule has 0 bridgehead atoms. The molecule has 0 radical (unpaired) electrons. The molecule has 2 aromatic rings. The number of H-pyrrole nitrogens is 1. The van der Waals surface area contributed by atoms with Crippen molar-refractivity contribution in [2.75, 3.05) is 6.54 Å². The molecule has 0 saturated heterocycles. The lowest BCUT2D eigenvalue weighted by molar-refractivity contribution is -0.121. The van der Waals surface area contributed by atoms with Crippen LogP contribution in [-0.4, -0.2) is 22.0 Å². The Labute approximate surface area is 115 Å². The van der Waals surface area contributed by atoms with Gasteiger partial charge in [-0.2, -0.15) is 0 Å². The summed E-state index contributed by atoms with van der Waals surface area (Å²) in [6, 6.07) is 6.90. The van der Waals surface area contributed by atoms with E-state index in [1.165, 1.54) is 4.57 Å². The van der Waals surface area contributed by atoms with Crippen molar-refractivity contribution in [2.45, 2.75) is 20.4 Å². The van der Waals surface area contributed by atoms with Gasteiger partial charge in [-0.05, 0) is 18.1 Å². The maximum Gasteiger partial charge on any atom is 0.317 e. The third-order valence-electron chi connectivity index (χ3n) is 2.89. The second-order valence-corrected chi connectivity index (χ2v) is 5.06. The maximum atomic E-state index is 11.9. The van der Waals surface area contributed by atoms with Crippen LogP contribution in [0.25, 0.3) is 11.0 Å². The molecule has 0 saturated carbocycles. The first kappa shape index (κ1) is 14.0. The summed E-state index contributed by atoms with van der Waals surface area (Å²) >= 11 is 0. The first-order valence-corrected chi connectivity index (χ1v) is 6.47. The molecule has 0 aliphatic carbocycles. The summed E-state index contributed by atoms with van der Waals surface area (Å²) in [5.41, 5.74) is -0.366. The number of carbonyl (C=O) groups is 1. The smallest absolute Gasteiger partial charge is 0.317 e. The molecule has 0 fully saturated rings. The van der Waals surface area contributed by atoms with Crippen molar-refractivity contribution in [3.63, 3.8) is 0 Å². The quantitative estimate of drug-likeness (QED) is 0.795. The fourth-order valence-corrected chi connectivity index (χ4v) is 1.90. The van der Waals surface area contributed by atoms with Crippen molar-refractivity contribution in [1.29, 1.82) is 0 Å². The Morgan fingerprint density at radius 2 is 2.00 bits per heavy atom. The first-order chi connectivity index (χ1) is 9.49. The number of hydrogen-bond donors (Lipinski definition) is 2. The Morgan fingerprint density at radius 1 is 1.30 bits per heavy atom. The third-order valence-corrected chi connectivity index (χ3v) is 2.89. The van der Waals surface area contributed by atoms with E-state index in [4.69, 9.17) is 0 Å². The molecule has 2 N–H and O–H groups in total. The highest BCUT2D eigenvalue weighted by Gasteiger charge is 2.11. The normalized spacial score (nSPS) is 10.9. The van der Waals surface area contributed by atoms with Crippen LogP contribution in [-0.2, 0) is 11.3 Å². The van der Waals surface area contributed by atoms with Crippen LogP contribution < -0.4 is 16.4 Å². The van der Waals surface area contributed by atoms with Gasteiger partial charge in [0.15, 0.2) is 0 Å². The van der Waals surface area contributed by atoms with Gasteiger partial charge in [0.05, 0.1) is 11.0 Å². The third kappa shape index (κ3) is 2.96. The number of hydrogen-bond acceptors (Lipinski definition) is 3. The lowest BCUT2D eigenvalue weighted by atomic mass is 10.2. The van der Waals surface area contributed by atoms with Crippen LogP contribution in [0.2, 0.25) is 0 Å². The summed E-state index contributed by atoms with van der Waals surface area (Å²) < 4.78 is 1.20. The van der Waals surface area contributed by atoms with Gasteiger partial charge in [-0.1, -0.05) is 26.0 Å². The van der Waals surface area contributed by atoms with Crippen LogP contribution >= 0.6 is 0 Å². The Morgan fingerprint density at radius 3 is 2.70 bits per heavy atom. The molecular formula is C14H17N3O3. The zero-order valence-corrected chi connectivity index (χ0v) is 11.5. The Hall–Kier alpha value is -2.37. The van der Waals surface area contributed by atoms with E-state index in [0.717, 1.165) is 0 Å². The highest BCUT2D eigenvalue weighted by atomic mass is 16.2. The number of aromatic nitrogens is 2. The summed E-state index contributed by atoms with van der Waals surface area (Å²) in [4.78, 5) is 37.8. The van der Waals surface area contributed by atoms with E-state index < -0.39 is 11.1 Å². The maximum absolute atomic E-state index is 11.9. The minimum atomic E-state index is -0.722. The van der Waals surface area contributed by atoms with E-state index >= 15 is 0 Å². The van der Waals surface area contributed by atoms with Crippen molar-refractivity contribution < 1.29 is 4.79 Å². The van der Waals surface area contributed by atoms with Gasteiger partial charge in [-0.3, -0.25) is 19.0 Å². The first-order valence-electron chi connectivity index (χ1n) is 6.47. The largest absolute Gasteiger partial charge is 0.354 e. The molecule has 0 aliphatic rings. The highest BCUT2D eigenvalue weighted by Crippen LogP contribution is 2.06. The summed E-state index contributed by atoms with van der Waals surface area (Å²) in [6.45, 7) is 4.34. The Balaban J connectivity index is 2.38. The predicted molar refractivity (Wildman–Crippen MR) is 76.7 cm³/mol. The summed E-state index contributed by atoms with van der Waals surface area (Å²) in [6.07, 6.45) is 0. The lowest BCUT2D eigenvalue weighted by Gasteiger charge is -2.11. The van der Waals surface area contributed by atoms with Crippen LogP contribution in [0.15, 0.2) is 33.9 Å². The molecule has 0 spiro atoms. The number of rotatable bonds is 4. The van der Waals surface area contributed by atoms with E-state index in [1.54, 1.807) is 24.3 Å². The number of para-hydroxylation sites is 2. The molecule has 1 amide bonds. The highest BCUT2D eigenvalue weighted by molar-refractivity contribution is 5.79. The monoisotopic (exact) mass is 275 g/mol. The molecule has 0 aliphatic heterocycles. The molecule has 0 unspecified atom stereocenters. The summed E-state index contributed by atoms with van der Waals surface area (Å²) in [5.74, 6) is 0.0446. The Bertz CT molecular complexity index is 743. The van der Waals surface area contributed by atoms with E-state index in [1.807, 2.05) is 13.8 Å². The van der Waals surface area contributed by atoms with Crippen LogP contribution in [0.4, 0.5) is 0 Å². The van der Waals surface area contributed by atoms with Crippen molar-refractivity contribution in [3.8, 4) is 0 Å². The SMILES string of the molecule is CC(C)CNC(=O)Cn1c(=O)c(=O)[nH]c2ccccc21. The molecule has 6 nitrogen and oxygen atoms in total.